The Bertz CT molecular complexity index is 764. The summed E-state index contributed by atoms with van der Waals surface area (Å²) < 4.78 is 0. The largest absolute Gasteiger partial charge is 0.272 e. The van der Waals surface area contributed by atoms with Crippen molar-refractivity contribution in [3.8, 4) is 0 Å². The van der Waals surface area contributed by atoms with Crippen LogP contribution in [0.2, 0.25) is 10.3 Å². The summed E-state index contributed by atoms with van der Waals surface area (Å²) in [6.07, 6.45) is 0.793. The van der Waals surface area contributed by atoms with E-state index < -0.39 is 0 Å². The molecule has 0 amide bonds. The van der Waals surface area contributed by atoms with Gasteiger partial charge < -0.3 is 0 Å². The van der Waals surface area contributed by atoms with E-state index in [0.717, 1.165) is 6.42 Å². The van der Waals surface area contributed by atoms with Crippen LogP contribution in [0.3, 0.4) is 0 Å². The second-order valence-corrected chi connectivity index (χ2v) is 6.30. The van der Waals surface area contributed by atoms with E-state index in [4.69, 9.17) is 28.0 Å². The van der Waals surface area contributed by atoms with E-state index in [-0.39, 0.29) is 16.3 Å². The summed E-state index contributed by atoms with van der Waals surface area (Å²) in [5.74, 6) is 0.521. The number of amidine groups is 1. The van der Waals surface area contributed by atoms with Crippen LogP contribution in [0.15, 0.2) is 29.3 Å². The predicted molar refractivity (Wildman–Crippen MR) is 91.1 cm³/mol. The van der Waals surface area contributed by atoms with E-state index in [1.54, 1.807) is 6.07 Å². The zero-order chi connectivity index (χ0) is 16.4. The lowest BCUT2D eigenvalue weighted by atomic mass is 9.99. The number of halogens is 2. The standard InChI is InChI=1S/C16H16Cl2N4O/c1-9-3-4-11(10(2)5-9)6-12-8-23-22-16(19-12)13-7-14(17)20-21-15(13)18/h3-5,7,12H,6,8H2,1-2H3,(H,19,22)/t12-/m1/s1. The fourth-order valence-corrected chi connectivity index (χ4v) is 2.86. The molecule has 2 heterocycles. The van der Waals surface area contributed by atoms with E-state index in [1.165, 1.54) is 16.7 Å². The van der Waals surface area contributed by atoms with Crippen LogP contribution in [0.1, 0.15) is 22.3 Å². The van der Waals surface area contributed by atoms with Gasteiger partial charge in [-0.15, -0.1) is 10.2 Å². The van der Waals surface area contributed by atoms with Crippen molar-refractivity contribution < 1.29 is 4.84 Å². The molecule has 3 rings (SSSR count). The lowest BCUT2D eigenvalue weighted by Gasteiger charge is -2.22. The van der Waals surface area contributed by atoms with Crippen LogP contribution < -0.4 is 5.48 Å². The molecule has 0 saturated heterocycles. The summed E-state index contributed by atoms with van der Waals surface area (Å²) in [5.41, 5.74) is 7.13. The Morgan fingerprint density at radius 3 is 2.83 bits per heavy atom. The molecular weight excluding hydrogens is 335 g/mol. The molecule has 1 aromatic heterocycles. The van der Waals surface area contributed by atoms with Crippen molar-refractivity contribution in [3.63, 3.8) is 0 Å². The number of hydroxylamine groups is 1. The molecule has 0 radical (unpaired) electrons. The lowest BCUT2D eigenvalue weighted by Crippen LogP contribution is -2.37. The normalized spacial score (nSPS) is 17.6. The van der Waals surface area contributed by atoms with Crippen LogP contribution in [0, 0.1) is 13.8 Å². The van der Waals surface area contributed by atoms with Crippen LogP contribution in [0.5, 0.6) is 0 Å². The maximum atomic E-state index is 6.07. The van der Waals surface area contributed by atoms with Gasteiger partial charge in [0.2, 0.25) is 0 Å². The van der Waals surface area contributed by atoms with Gasteiger partial charge in [-0.2, -0.15) is 0 Å². The zero-order valence-corrected chi connectivity index (χ0v) is 14.3. The molecular formula is C16H16Cl2N4O. The molecule has 0 bridgehead atoms. The summed E-state index contributed by atoms with van der Waals surface area (Å²) >= 11 is 12.0. The number of aromatic nitrogens is 2. The first-order valence-corrected chi connectivity index (χ1v) is 7.99. The zero-order valence-electron chi connectivity index (χ0n) is 12.8. The minimum absolute atomic E-state index is 0.00402. The predicted octanol–water partition coefficient (Wildman–Crippen LogP) is 3.29. The number of nitrogens with zero attached hydrogens (tertiary/aromatic N) is 3. The number of benzene rings is 1. The monoisotopic (exact) mass is 350 g/mol. The average Bonchev–Trinajstić information content (AvgIpc) is 2.53. The van der Waals surface area contributed by atoms with Crippen molar-refractivity contribution in [1.82, 2.24) is 15.7 Å². The highest BCUT2D eigenvalue weighted by molar-refractivity contribution is 6.34. The summed E-state index contributed by atoms with van der Waals surface area (Å²) in [6, 6.07) is 8.03. The van der Waals surface area contributed by atoms with Gasteiger partial charge in [-0.3, -0.25) is 9.83 Å². The van der Waals surface area contributed by atoms with Crippen molar-refractivity contribution in [2.24, 2.45) is 4.99 Å². The van der Waals surface area contributed by atoms with Crippen LogP contribution in [0.25, 0.3) is 0 Å². The number of aliphatic imine (C=N–C) groups is 1. The smallest absolute Gasteiger partial charge is 0.162 e. The molecule has 0 fully saturated rings. The molecule has 7 heteroatoms. The van der Waals surface area contributed by atoms with Crippen molar-refractivity contribution in [2.45, 2.75) is 26.3 Å². The molecule has 1 N–H and O–H groups in total. The van der Waals surface area contributed by atoms with Gasteiger partial charge in [-0.1, -0.05) is 47.0 Å². The van der Waals surface area contributed by atoms with Crippen LogP contribution in [-0.2, 0) is 11.3 Å². The Morgan fingerprint density at radius 1 is 1.22 bits per heavy atom. The van der Waals surface area contributed by atoms with Crippen molar-refractivity contribution in [3.05, 3.63) is 56.8 Å². The highest BCUT2D eigenvalue weighted by Crippen LogP contribution is 2.19. The van der Waals surface area contributed by atoms with Gasteiger partial charge in [0, 0.05) is 0 Å². The van der Waals surface area contributed by atoms with E-state index in [2.05, 4.69) is 52.7 Å². The number of nitrogens with one attached hydrogen (secondary N) is 1. The molecule has 5 nitrogen and oxygen atoms in total. The van der Waals surface area contributed by atoms with Crippen molar-refractivity contribution in [1.29, 1.82) is 0 Å². The Kier molecular flexibility index (Phi) is 4.80. The molecule has 23 heavy (non-hydrogen) atoms. The van der Waals surface area contributed by atoms with Crippen LogP contribution in [0.4, 0.5) is 0 Å². The average molecular weight is 351 g/mol. The lowest BCUT2D eigenvalue weighted by molar-refractivity contribution is 0.0624. The molecule has 0 aliphatic carbocycles. The van der Waals surface area contributed by atoms with Crippen LogP contribution in [-0.4, -0.2) is 28.7 Å². The van der Waals surface area contributed by atoms with Crippen LogP contribution >= 0.6 is 23.2 Å². The summed E-state index contributed by atoms with van der Waals surface area (Å²) in [4.78, 5) is 10.1. The van der Waals surface area contributed by atoms with Crippen molar-refractivity contribution >= 4 is 29.0 Å². The molecule has 120 valence electrons. The highest BCUT2D eigenvalue weighted by Gasteiger charge is 2.20. The molecule has 1 aromatic carbocycles. The number of aryl methyl sites for hydroxylation is 2. The van der Waals surface area contributed by atoms with Gasteiger partial charge in [0.15, 0.2) is 16.1 Å². The van der Waals surface area contributed by atoms with Crippen molar-refractivity contribution in [2.75, 3.05) is 6.61 Å². The minimum Gasteiger partial charge on any atom is -0.272 e. The highest BCUT2D eigenvalue weighted by atomic mass is 35.5. The van der Waals surface area contributed by atoms with Gasteiger partial charge in [0.1, 0.15) is 0 Å². The molecule has 0 saturated carbocycles. The first-order valence-electron chi connectivity index (χ1n) is 7.24. The Morgan fingerprint density at radius 2 is 2.04 bits per heavy atom. The van der Waals surface area contributed by atoms with E-state index >= 15 is 0 Å². The van der Waals surface area contributed by atoms with E-state index in [9.17, 15) is 0 Å². The first kappa shape index (κ1) is 16.2. The maximum Gasteiger partial charge on any atom is 0.162 e. The Labute approximate surface area is 144 Å². The minimum atomic E-state index is -0.00402. The third kappa shape index (κ3) is 3.80. The summed E-state index contributed by atoms with van der Waals surface area (Å²) in [6.45, 7) is 4.68. The maximum absolute atomic E-state index is 6.07. The Balaban J connectivity index is 1.85. The topological polar surface area (TPSA) is 59.4 Å². The second kappa shape index (κ2) is 6.83. The number of rotatable bonds is 3. The van der Waals surface area contributed by atoms with E-state index in [1.807, 2.05) is 0 Å². The molecule has 0 spiro atoms. The molecule has 1 aliphatic rings. The van der Waals surface area contributed by atoms with Gasteiger partial charge in [-0.05, 0) is 37.5 Å². The van der Waals surface area contributed by atoms with E-state index in [0.29, 0.717) is 18.0 Å². The molecule has 1 aliphatic heterocycles. The number of hydrogen-bond donors (Lipinski definition) is 1. The number of hydrogen-bond acceptors (Lipinski definition) is 5. The third-order valence-electron chi connectivity index (χ3n) is 3.68. The fraction of sp³-hybridized carbons (Fsp3) is 0.312. The Hall–Kier alpha value is -1.69. The van der Waals surface area contributed by atoms with Gasteiger partial charge in [0.05, 0.1) is 18.2 Å². The third-order valence-corrected chi connectivity index (χ3v) is 4.15. The van der Waals surface area contributed by atoms with Gasteiger partial charge >= 0.3 is 0 Å². The SMILES string of the molecule is Cc1ccc(C[C@@H]2CONC(c3cc(Cl)nnc3Cl)=N2)c(C)c1. The summed E-state index contributed by atoms with van der Waals surface area (Å²) in [7, 11) is 0. The molecule has 1 atom stereocenters. The second-order valence-electron chi connectivity index (χ2n) is 5.55. The van der Waals surface area contributed by atoms with Gasteiger partial charge in [0.25, 0.3) is 0 Å². The molecule has 0 unspecified atom stereocenters. The summed E-state index contributed by atoms with van der Waals surface area (Å²) in [5, 5.41) is 7.98. The van der Waals surface area contributed by atoms with Gasteiger partial charge in [-0.25, -0.2) is 5.48 Å². The first-order chi connectivity index (χ1) is 11.0. The fourth-order valence-electron chi connectivity index (χ4n) is 2.53. The quantitative estimate of drug-likeness (QED) is 0.922. The molecule has 2 aromatic rings.